The number of ether oxygens (including phenoxy) is 1. The fraction of sp³-hybridized carbons (Fsp3) is 0.471. The summed E-state index contributed by atoms with van der Waals surface area (Å²) in [5.74, 6) is -1.29. The Labute approximate surface area is 159 Å². The first kappa shape index (κ1) is 20.6. The molecule has 2 aromatic heterocycles. The van der Waals surface area contributed by atoms with Gasteiger partial charge in [-0.2, -0.15) is 0 Å². The molecule has 146 valence electrons. The Kier molecular flexibility index (Phi) is 7.05. The third-order valence-electron chi connectivity index (χ3n) is 3.71. The summed E-state index contributed by atoms with van der Waals surface area (Å²) >= 11 is 1.06. The van der Waals surface area contributed by atoms with Crippen LogP contribution in [0.3, 0.4) is 0 Å². The first-order chi connectivity index (χ1) is 12.9. The van der Waals surface area contributed by atoms with Crippen molar-refractivity contribution in [3.63, 3.8) is 0 Å². The molecule has 0 aliphatic carbocycles. The number of carbonyl (C=O) groups excluding carboxylic acids is 3. The number of esters is 1. The maximum absolute atomic E-state index is 12.7. The highest BCUT2D eigenvalue weighted by atomic mass is 32.1. The highest BCUT2D eigenvalue weighted by molar-refractivity contribution is 7.20. The summed E-state index contributed by atoms with van der Waals surface area (Å²) < 4.78 is 5.98. The van der Waals surface area contributed by atoms with Gasteiger partial charge in [0.2, 0.25) is 5.91 Å². The number of rotatable bonds is 8. The lowest BCUT2D eigenvalue weighted by Crippen LogP contribution is -2.33. The van der Waals surface area contributed by atoms with Crippen molar-refractivity contribution < 1.29 is 19.1 Å². The summed E-state index contributed by atoms with van der Waals surface area (Å²) in [6.07, 6.45) is 2.10. The van der Waals surface area contributed by atoms with E-state index in [9.17, 15) is 19.2 Å². The van der Waals surface area contributed by atoms with Crippen LogP contribution in [-0.4, -0.2) is 47.0 Å². The van der Waals surface area contributed by atoms with Crippen molar-refractivity contribution in [2.24, 2.45) is 0 Å². The van der Waals surface area contributed by atoms with Gasteiger partial charge in [-0.3, -0.25) is 23.7 Å². The van der Waals surface area contributed by atoms with Crippen LogP contribution in [0.4, 0.5) is 0 Å². The van der Waals surface area contributed by atoms with E-state index in [0.29, 0.717) is 27.2 Å². The van der Waals surface area contributed by atoms with Gasteiger partial charge in [-0.1, -0.05) is 6.92 Å². The van der Waals surface area contributed by atoms with Crippen molar-refractivity contribution in [3.05, 3.63) is 27.1 Å². The van der Waals surface area contributed by atoms with Gasteiger partial charge in [-0.15, -0.1) is 11.3 Å². The molecule has 0 saturated carbocycles. The first-order valence-corrected chi connectivity index (χ1v) is 9.39. The molecular formula is C17H22N4O5S. The predicted molar refractivity (Wildman–Crippen MR) is 101 cm³/mol. The fourth-order valence-corrected chi connectivity index (χ4v) is 3.46. The molecule has 9 nitrogen and oxygen atoms in total. The highest BCUT2D eigenvalue weighted by Crippen LogP contribution is 2.26. The third kappa shape index (κ3) is 4.91. The standard InChI is InChI=1S/C17H22N4O5S/c1-4-6-18-11(22)8-21-9-20-16-13(17(21)25)10(3)14(27-16)15(24)19-7-12(23)26-5-2/h9H,4-8H2,1-3H3,(H,18,22)(H,19,24). The number of fused-ring (bicyclic) bond motifs is 1. The van der Waals surface area contributed by atoms with E-state index in [2.05, 4.69) is 15.6 Å². The summed E-state index contributed by atoms with van der Waals surface area (Å²) in [5.41, 5.74) is 0.0852. The van der Waals surface area contributed by atoms with Crippen molar-refractivity contribution in [2.75, 3.05) is 19.7 Å². The van der Waals surface area contributed by atoms with Gasteiger partial charge in [0.15, 0.2) is 0 Å². The molecular weight excluding hydrogens is 372 g/mol. The maximum atomic E-state index is 12.7. The first-order valence-electron chi connectivity index (χ1n) is 8.58. The van der Waals surface area contributed by atoms with Crippen LogP contribution in [0.25, 0.3) is 10.2 Å². The minimum atomic E-state index is -0.539. The van der Waals surface area contributed by atoms with Gasteiger partial charge in [0.25, 0.3) is 11.5 Å². The van der Waals surface area contributed by atoms with E-state index in [-0.39, 0.29) is 31.2 Å². The number of hydrogen-bond donors (Lipinski definition) is 2. The average molecular weight is 394 g/mol. The van der Waals surface area contributed by atoms with E-state index >= 15 is 0 Å². The van der Waals surface area contributed by atoms with Crippen LogP contribution in [0.5, 0.6) is 0 Å². The second kappa shape index (κ2) is 9.26. The summed E-state index contributed by atoms with van der Waals surface area (Å²) in [7, 11) is 0. The Morgan fingerprint density at radius 3 is 2.67 bits per heavy atom. The fourth-order valence-electron chi connectivity index (χ4n) is 2.41. The molecule has 0 fully saturated rings. The number of nitrogens with one attached hydrogen (secondary N) is 2. The molecule has 10 heteroatoms. The van der Waals surface area contributed by atoms with E-state index in [1.807, 2.05) is 6.92 Å². The predicted octanol–water partition coefficient (Wildman–Crippen LogP) is 0.586. The Morgan fingerprint density at radius 2 is 2.00 bits per heavy atom. The molecule has 0 aliphatic rings. The molecule has 0 atom stereocenters. The number of thiophene rings is 1. The monoisotopic (exact) mass is 394 g/mol. The Bertz CT molecular complexity index is 918. The van der Waals surface area contributed by atoms with Crippen LogP contribution in [0, 0.1) is 6.92 Å². The minimum Gasteiger partial charge on any atom is -0.465 e. The molecule has 0 unspecified atom stereocenters. The normalized spacial score (nSPS) is 10.6. The van der Waals surface area contributed by atoms with Crippen molar-refractivity contribution in [1.82, 2.24) is 20.2 Å². The molecule has 2 aromatic rings. The van der Waals surface area contributed by atoms with E-state index in [0.717, 1.165) is 17.8 Å². The molecule has 2 rings (SSSR count). The van der Waals surface area contributed by atoms with Crippen molar-refractivity contribution in [1.29, 1.82) is 0 Å². The molecule has 2 heterocycles. The molecule has 0 aromatic carbocycles. The zero-order valence-corrected chi connectivity index (χ0v) is 16.3. The van der Waals surface area contributed by atoms with Crippen LogP contribution in [0.15, 0.2) is 11.1 Å². The lowest BCUT2D eigenvalue weighted by atomic mass is 10.2. The zero-order valence-electron chi connectivity index (χ0n) is 15.5. The number of hydrogen-bond acceptors (Lipinski definition) is 7. The summed E-state index contributed by atoms with van der Waals surface area (Å²) in [4.78, 5) is 53.1. The topological polar surface area (TPSA) is 119 Å². The number of aromatic nitrogens is 2. The number of nitrogens with zero attached hydrogens (tertiary/aromatic N) is 2. The summed E-state index contributed by atoms with van der Waals surface area (Å²) in [5, 5.41) is 5.47. The summed E-state index contributed by atoms with van der Waals surface area (Å²) in [6.45, 7) is 5.62. The molecule has 0 spiro atoms. The molecule has 0 aliphatic heterocycles. The van der Waals surface area contributed by atoms with E-state index in [1.165, 1.54) is 10.9 Å². The van der Waals surface area contributed by atoms with Crippen molar-refractivity contribution in [2.45, 2.75) is 33.7 Å². The minimum absolute atomic E-state index is 0.137. The molecule has 27 heavy (non-hydrogen) atoms. The number of amides is 2. The average Bonchev–Trinajstić information content (AvgIpc) is 2.98. The second-order valence-corrected chi connectivity index (χ2v) is 6.75. The Balaban J connectivity index is 2.24. The van der Waals surface area contributed by atoms with Gasteiger partial charge in [0, 0.05) is 6.54 Å². The van der Waals surface area contributed by atoms with Crippen molar-refractivity contribution >= 4 is 39.3 Å². The van der Waals surface area contributed by atoms with Crippen LogP contribution in [0.2, 0.25) is 0 Å². The summed E-state index contributed by atoms with van der Waals surface area (Å²) in [6, 6.07) is 0. The van der Waals surface area contributed by atoms with E-state index < -0.39 is 11.9 Å². The lowest BCUT2D eigenvalue weighted by Gasteiger charge is -2.06. The molecule has 0 saturated heterocycles. The van der Waals surface area contributed by atoms with E-state index in [1.54, 1.807) is 13.8 Å². The molecule has 0 radical (unpaired) electrons. The zero-order chi connectivity index (χ0) is 20.0. The second-order valence-electron chi connectivity index (χ2n) is 5.75. The van der Waals surface area contributed by atoms with Gasteiger partial charge in [-0.25, -0.2) is 4.98 Å². The van der Waals surface area contributed by atoms with Gasteiger partial charge >= 0.3 is 5.97 Å². The van der Waals surface area contributed by atoms with Crippen LogP contribution in [0.1, 0.15) is 35.5 Å². The van der Waals surface area contributed by atoms with Gasteiger partial charge in [0.1, 0.15) is 17.9 Å². The largest absolute Gasteiger partial charge is 0.465 e. The molecule has 2 amide bonds. The third-order valence-corrected chi connectivity index (χ3v) is 4.91. The SMILES string of the molecule is CCCNC(=O)Cn1cnc2sc(C(=O)NCC(=O)OCC)c(C)c2c1=O. The van der Waals surface area contributed by atoms with Gasteiger partial charge in [-0.05, 0) is 25.8 Å². The molecule has 0 bridgehead atoms. The lowest BCUT2D eigenvalue weighted by molar-refractivity contribution is -0.141. The highest BCUT2D eigenvalue weighted by Gasteiger charge is 2.20. The van der Waals surface area contributed by atoms with E-state index in [4.69, 9.17) is 4.74 Å². The van der Waals surface area contributed by atoms with Crippen LogP contribution in [-0.2, 0) is 20.9 Å². The van der Waals surface area contributed by atoms with Crippen LogP contribution >= 0.6 is 11.3 Å². The number of aryl methyl sites for hydroxylation is 1. The van der Waals surface area contributed by atoms with Gasteiger partial charge in [0.05, 0.1) is 23.2 Å². The smallest absolute Gasteiger partial charge is 0.325 e. The quantitative estimate of drug-likeness (QED) is 0.632. The number of carbonyl (C=O) groups is 3. The van der Waals surface area contributed by atoms with Crippen LogP contribution < -0.4 is 16.2 Å². The molecule has 2 N–H and O–H groups in total. The van der Waals surface area contributed by atoms with Crippen molar-refractivity contribution in [3.8, 4) is 0 Å². The van der Waals surface area contributed by atoms with Gasteiger partial charge < -0.3 is 15.4 Å². The Morgan fingerprint density at radius 1 is 1.26 bits per heavy atom. The maximum Gasteiger partial charge on any atom is 0.325 e. The Hall–Kier alpha value is -2.75.